The lowest BCUT2D eigenvalue weighted by Crippen LogP contribution is -2.39. The molecule has 1 aliphatic rings. The largest absolute Gasteiger partial charge is 0.497 e. The van der Waals surface area contributed by atoms with Gasteiger partial charge in [0.2, 0.25) is 0 Å². The highest BCUT2D eigenvalue weighted by Gasteiger charge is 2.26. The third-order valence-electron chi connectivity index (χ3n) is 5.02. The topological polar surface area (TPSA) is 89.2 Å². The Hall–Kier alpha value is -3.22. The van der Waals surface area contributed by atoms with Crippen LogP contribution in [0.15, 0.2) is 53.5 Å². The van der Waals surface area contributed by atoms with Crippen LogP contribution in [0.4, 0.5) is 0 Å². The zero-order chi connectivity index (χ0) is 20.6. The maximum absolute atomic E-state index is 10.9. The number of guanidine groups is 1. The first kappa shape index (κ1) is 20.5. The fourth-order valence-corrected chi connectivity index (χ4v) is 3.51. The Morgan fingerprint density at radius 1 is 1.24 bits per heavy atom. The van der Waals surface area contributed by atoms with Gasteiger partial charge in [-0.25, -0.2) is 0 Å². The summed E-state index contributed by atoms with van der Waals surface area (Å²) in [7, 11) is 3.48. The van der Waals surface area contributed by atoms with Crippen LogP contribution in [0.1, 0.15) is 23.5 Å². The summed E-state index contributed by atoms with van der Waals surface area (Å²) in [5.41, 5.74) is 7.49. The van der Waals surface area contributed by atoms with E-state index >= 15 is 0 Å². The van der Waals surface area contributed by atoms with Crippen LogP contribution in [-0.2, 0) is 11.3 Å². The molecule has 3 rings (SSSR count). The predicted molar refractivity (Wildman–Crippen MR) is 113 cm³/mol. The number of carbonyl (C=O) groups is 1. The molecule has 7 nitrogen and oxygen atoms in total. The van der Waals surface area contributed by atoms with Gasteiger partial charge in [0, 0.05) is 32.6 Å². The van der Waals surface area contributed by atoms with Gasteiger partial charge in [-0.3, -0.25) is 9.79 Å². The molecule has 2 aromatic carbocycles. The first-order valence-corrected chi connectivity index (χ1v) is 9.68. The van der Waals surface area contributed by atoms with Gasteiger partial charge in [0.05, 0.1) is 7.11 Å². The second-order valence-corrected chi connectivity index (χ2v) is 7.01. The summed E-state index contributed by atoms with van der Waals surface area (Å²) >= 11 is 0. The molecule has 0 bridgehead atoms. The van der Waals surface area contributed by atoms with Crippen LogP contribution in [0.3, 0.4) is 0 Å². The fraction of sp³-hybridized carbons (Fsp3) is 0.364. The van der Waals surface area contributed by atoms with Crippen molar-refractivity contribution in [3.05, 3.63) is 59.7 Å². The maximum atomic E-state index is 10.9. The van der Waals surface area contributed by atoms with Crippen LogP contribution < -0.4 is 20.5 Å². The Morgan fingerprint density at radius 3 is 2.72 bits per heavy atom. The van der Waals surface area contributed by atoms with E-state index in [4.69, 9.17) is 15.2 Å². The van der Waals surface area contributed by atoms with Crippen LogP contribution in [0.2, 0.25) is 0 Å². The molecule has 29 heavy (non-hydrogen) atoms. The minimum Gasteiger partial charge on any atom is -0.497 e. The molecule has 7 heteroatoms. The molecule has 1 atom stereocenters. The highest BCUT2D eigenvalue weighted by Crippen LogP contribution is 2.28. The summed E-state index contributed by atoms with van der Waals surface area (Å²) in [6, 6.07) is 15.9. The van der Waals surface area contributed by atoms with Crippen LogP contribution >= 0.6 is 0 Å². The molecule has 0 aromatic heterocycles. The van der Waals surface area contributed by atoms with Gasteiger partial charge in [-0.1, -0.05) is 24.3 Å². The highest BCUT2D eigenvalue weighted by molar-refractivity contribution is 5.80. The number of rotatable bonds is 7. The minimum atomic E-state index is -0.491. The van der Waals surface area contributed by atoms with Crippen LogP contribution in [-0.4, -0.2) is 50.6 Å². The zero-order valence-electron chi connectivity index (χ0n) is 16.9. The standard InChI is InChI=1S/C22H28N4O3/c1-24-22(25-13-16-4-3-5-20(12-16)29-15-21(23)27)26-11-10-18(14-26)17-6-8-19(28-2)9-7-17/h3-9,12,18H,10-11,13-15H2,1-2H3,(H2,23,27)(H,24,25). The number of aliphatic imine (C=N–C) groups is 1. The van der Waals surface area contributed by atoms with E-state index in [0.29, 0.717) is 18.2 Å². The van der Waals surface area contributed by atoms with Crippen molar-refractivity contribution in [1.29, 1.82) is 0 Å². The molecule has 0 saturated carbocycles. The van der Waals surface area contributed by atoms with E-state index in [1.165, 1.54) is 5.56 Å². The third kappa shape index (κ3) is 5.63. The van der Waals surface area contributed by atoms with Gasteiger partial charge in [0.25, 0.3) is 5.91 Å². The summed E-state index contributed by atoms with van der Waals surface area (Å²) in [6.07, 6.45) is 1.09. The summed E-state index contributed by atoms with van der Waals surface area (Å²) in [4.78, 5) is 17.6. The number of nitrogens with two attached hydrogens (primary N) is 1. The number of ether oxygens (including phenoxy) is 2. The van der Waals surface area contributed by atoms with Crippen LogP contribution in [0.5, 0.6) is 11.5 Å². The van der Waals surface area contributed by atoms with Gasteiger partial charge in [-0.05, 0) is 41.8 Å². The first-order chi connectivity index (χ1) is 14.1. The molecular weight excluding hydrogens is 368 g/mol. The molecule has 0 radical (unpaired) electrons. The van der Waals surface area contributed by atoms with Crippen molar-refractivity contribution in [2.45, 2.75) is 18.9 Å². The lowest BCUT2D eigenvalue weighted by Gasteiger charge is -2.22. The molecular formula is C22H28N4O3. The lowest BCUT2D eigenvalue weighted by atomic mass is 9.98. The Balaban J connectivity index is 1.55. The Bertz CT molecular complexity index is 851. The summed E-state index contributed by atoms with van der Waals surface area (Å²) in [5, 5.41) is 3.42. The van der Waals surface area contributed by atoms with Gasteiger partial charge >= 0.3 is 0 Å². The van der Waals surface area contributed by atoms with Gasteiger partial charge in [0.15, 0.2) is 12.6 Å². The molecule has 2 aromatic rings. The predicted octanol–water partition coefficient (Wildman–Crippen LogP) is 2.12. The summed E-state index contributed by atoms with van der Waals surface area (Å²) < 4.78 is 10.6. The molecule has 0 aliphatic carbocycles. The number of carbonyl (C=O) groups excluding carboxylic acids is 1. The van der Waals surface area contributed by atoms with Crippen molar-refractivity contribution < 1.29 is 14.3 Å². The minimum absolute atomic E-state index is 0.126. The smallest absolute Gasteiger partial charge is 0.255 e. The molecule has 1 unspecified atom stereocenters. The van der Waals surface area contributed by atoms with Gasteiger partial charge < -0.3 is 25.4 Å². The average molecular weight is 396 g/mol. The number of amides is 1. The van der Waals surface area contributed by atoms with Crippen molar-refractivity contribution in [2.24, 2.45) is 10.7 Å². The van der Waals surface area contributed by atoms with Crippen molar-refractivity contribution in [3.63, 3.8) is 0 Å². The van der Waals surface area contributed by atoms with E-state index < -0.39 is 5.91 Å². The number of nitrogens with zero attached hydrogens (tertiary/aromatic N) is 2. The number of methoxy groups -OCH3 is 1. The summed E-state index contributed by atoms with van der Waals surface area (Å²) in [5.74, 6) is 2.37. The number of benzene rings is 2. The van der Waals surface area contributed by atoms with Crippen LogP contribution in [0, 0.1) is 0 Å². The molecule has 1 saturated heterocycles. The van der Waals surface area contributed by atoms with Crippen molar-refractivity contribution >= 4 is 11.9 Å². The molecule has 1 amide bonds. The molecule has 1 fully saturated rings. The second kappa shape index (κ2) is 9.82. The van der Waals surface area contributed by atoms with Crippen LogP contribution in [0.25, 0.3) is 0 Å². The Labute approximate surface area is 171 Å². The summed E-state index contributed by atoms with van der Waals surface area (Å²) in [6.45, 7) is 2.37. The third-order valence-corrected chi connectivity index (χ3v) is 5.02. The molecule has 1 aliphatic heterocycles. The van der Waals surface area contributed by atoms with Gasteiger partial charge in [0.1, 0.15) is 11.5 Å². The highest BCUT2D eigenvalue weighted by atomic mass is 16.5. The maximum Gasteiger partial charge on any atom is 0.255 e. The average Bonchev–Trinajstić information content (AvgIpc) is 3.23. The quantitative estimate of drug-likeness (QED) is 0.553. The van der Waals surface area contributed by atoms with E-state index in [1.54, 1.807) is 20.2 Å². The number of likely N-dealkylation sites (tertiary alicyclic amines) is 1. The normalized spacial score (nSPS) is 16.6. The van der Waals surface area contributed by atoms with Gasteiger partial charge in [-0.15, -0.1) is 0 Å². The Kier molecular flexibility index (Phi) is 6.94. The number of primary amides is 1. The van der Waals surface area contributed by atoms with E-state index in [0.717, 1.165) is 36.8 Å². The van der Waals surface area contributed by atoms with E-state index in [2.05, 4.69) is 27.3 Å². The molecule has 1 heterocycles. The SMILES string of the molecule is CN=C(NCc1cccc(OCC(N)=O)c1)N1CCC(c2ccc(OC)cc2)C1. The lowest BCUT2D eigenvalue weighted by molar-refractivity contribution is -0.119. The molecule has 0 spiro atoms. The Morgan fingerprint density at radius 2 is 2.03 bits per heavy atom. The van der Waals surface area contributed by atoms with E-state index in [9.17, 15) is 4.79 Å². The van der Waals surface area contributed by atoms with E-state index in [1.807, 2.05) is 30.3 Å². The molecule has 154 valence electrons. The van der Waals surface area contributed by atoms with E-state index in [-0.39, 0.29) is 6.61 Å². The van der Waals surface area contributed by atoms with Crippen molar-refractivity contribution in [2.75, 3.05) is 33.9 Å². The fourth-order valence-electron chi connectivity index (χ4n) is 3.51. The number of nitrogens with one attached hydrogen (secondary N) is 1. The van der Waals surface area contributed by atoms with Crippen molar-refractivity contribution in [1.82, 2.24) is 10.2 Å². The van der Waals surface area contributed by atoms with Crippen molar-refractivity contribution in [3.8, 4) is 11.5 Å². The second-order valence-electron chi connectivity index (χ2n) is 7.01. The van der Waals surface area contributed by atoms with Gasteiger partial charge in [-0.2, -0.15) is 0 Å². The zero-order valence-corrected chi connectivity index (χ0v) is 16.9. The monoisotopic (exact) mass is 396 g/mol. The first-order valence-electron chi connectivity index (χ1n) is 9.68. The number of hydrogen-bond acceptors (Lipinski definition) is 4. The molecule has 3 N–H and O–H groups in total. The number of hydrogen-bond donors (Lipinski definition) is 2.